The van der Waals surface area contributed by atoms with Crippen molar-refractivity contribution in [3.63, 3.8) is 0 Å². The third-order valence-electron chi connectivity index (χ3n) is 3.91. The van der Waals surface area contributed by atoms with Gasteiger partial charge in [0.15, 0.2) is 0 Å². The van der Waals surface area contributed by atoms with Crippen LogP contribution in [0.1, 0.15) is 5.56 Å². The van der Waals surface area contributed by atoms with Crippen LogP contribution in [-0.4, -0.2) is 33.2 Å². The molecule has 1 aromatic heterocycles. The molecule has 0 atom stereocenters. The van der Waals surface area contributed by atoms with Crippen LogP contribution in [0.3, 0.4) is 0 Å². The van der Waals surface area contributed by atoms with Crippen molar-refractivity contribution in [2.75, 3.05) is 14.2 Å². The highest BCUT2D eigenvalue weighted by molar-refractivity contribution is 7.90. The van der Waals surface area contributed by atoms with Crippen molar-refractivity contribution < 1.29 is 22.7 Å². The lowest BCUT2D eigenvalue weighted by Crippen LogP contribution is -2.22. The molecule has 27 heavy (non-hydrogen) atoms. The second-order valence-electron chi connectivity index (χ2n) is 5.76. The van der Waals surface area contributed by atoms with Gasteiger partial charge >= 0.3 is 5.97 Å². The van der Waals surface area contributed by atoms with Gasteiger partial charge in [-0.2, -0.15) is 8.42 Å². The maximum absolute atomic E-state index is 12.7. The Morgan fingerprint density at radius 1 is 1.15 bits per heavy atom. The Labute approximate surface area is 160 Å². The van der Waals surface area contributed by atoms with Crippen LogP contribution in [0.25, 0.3) is 10.2 Å². The van der Waals surface area contributed by atoms with Gasteiger partial charge in [0, 0.05) is 0 Å². The zero-order chi connectivity index (χ0) is 19.6. The first-order valence-corrected chi connectivity index (χ1v) is 10.2. The molecule has 0 aliphatic heterocycles. The zero-order valence-electron chi connectivity index (χ0n) is 15.0. The molecule has 3 rings (SSSR count). The molecule has 0 aliphatic rings. The Hall–Kier alpha value is -2.65. The molecule has 0 bridgehead atoms. The summed E-state index contributed by atoms with van der Waals surface area (Å²) in [6, 6.07) is 11.6. The summed E-state index contributed by atoms with van der Waals surface area (Å²) in [4.78, 5) is 12.1. The topological polar surface area (TPSA) is 87.0 Å². The molecular weight excluding hydrogens is 388 g/mol. The van der Waals surface area contributed by atoms with Crippen LogP contribution >= 0.6 is 11.3 Å². The molecule has 142 valence electrons. The molecule has 0 spiro atoms. The summed E-state index contributed by atoms with van der Waals surface area (Å²) < 4.78 is 41.6. The molecule has 0 unspecified atom stereocenters. The molecule has 0 N–H and O–H groups in total. The third kappa shape index (κ3) is 4.04. The molecule has 1 heterocycles. The van der Waals surface area contributed by atoms with Crippen molar-refractivity contribution in [3.8, 4) is 5.75 Å². The van der Waals surface area contributed by atoms with Crippen LogP contribution in [0.15, 0.2) is 51.8 Å². The summed E-state index contributed by atoms with van der Waals surface area (Å²) in [6.45, 7) is 1.81. The minimum atomic E-state index is -3.95. The Bertz CT molecular complexity index is 1160. The lowest BCUT2D eigenvalue weighted by Gasteiger charge is -2.04. The van der Waals surface area contributed by atoms with Gasteiger partial charge in [-0.15, -0.1) is 4.40 Å². The molecule has 7 nitrogen and oxygen atoms in total. The van der Waals surface area contributed by atoms with E-state index in [0.717, 1.165) is 15.8 Å². The number of nitrogens with zero attached hydrogens (tertiary/aromatic N) is 2. The van der Waals surface area contributed by atoms with Gasteiger partial charge < -0.3 is 14.0 Å². The molecule has 0 saturated heterocycles. The number of fused-ring (bicyclic) bond motifs is 1. The summed E-state index contributed by atoms with van der Waals surface area (Å²) in [7, 11) is -1.17. The average molecular weight is 406 g/mol. The molecule has 0 radical (unpaired) electrons. The third-order valence-corrected chi connectivity index (χ3v) is 6.35. The van der Waals surface area contributed by atoms with E-state index >= 15 is 0 Å². The summed E-state index contributed by atoms with van der Waals surface area (Å²) in [6.07, 6.45) is 0. The normalized spacial score (nSPS) is 12.3. The highest BCUT2D eigenvalue weighted by atomic mass is 32.2. The SMILES string of the molecule is COC(=O)Cn1c(=NS(=O)(=O)c2ccc(OC)cc2)sc2cc(C)ccc21. The molecule has 0 aliphatic carbocycles. The minimum absolute atomic E-state index is 0.0431. The van der Waals surface area contributed by atoms with Gasteiger partial charge in [-0.25, -0.2) is 0 Å². The average Bonchev–Trinajstić information content (AvgIpc) is 2.97. The molecule has 0 fully saturated rings. The van der Waals surface area contributed by atoms with Crippen LogP contribution in [0, 0.1) is 6.92 Å². The van der Waals surface area contributed by atoms with Crippen LogP contribution in [0.2, 0.25) is 0 Å². The number of aryl methyl sites for hydroxylation is 1. The number of aromatic nitrogens is 1. The first kappa shape index (κ1) is 19.1. The van der Waals surface area contributed by atoms with E-state index in [0.29, 0.717) is 5.75 Å². The Balaban J connectivity index is 2.18. The second kappa shape index (κ2) is 7.53. The van der Waals surface area contributed by atoms with Gasteiger partial charge in [0.2, 0.25) is 4.80 Å². The lowest BCUT2D eigenvalue weighted by atomic mass is 10.2. The number of ether oxygens (including phenoxy) is 2. The van der Waals surface area contributed by atoms with E-state index in [2.05, 4.69) is 4.40 Å². The molecule has 3 aromatic rings. The fraction of sp³-hybridized carbons (Fsp3) is 0.222. The van der Waals surface area contributed by atoms with Crippen molar-refractivity contribution in [3.05, 3.63) is 52.8 Å². The molecule has 0 saturated carbocycles. The molecule has 2 aromatic carbocycles. The van der Waals surface area contributed by atoms with Gasteiger partial charge in [0.25, 0.3) is 10.0 Å². The van der Waals surface area contributed by atoms with Crippen LogP contribution < -0.4 is 9.54 Å². The van der Waals surface area contributed by atoms with Crippen molar-refractivity contribution in [1.29, 1.82) is 0 Å². The number of sulfonamides is 1. The number of esters is 1. The highest BCUT2D eigenvalue weighted by Gasteiger charge is 2.16. The van der Waals surface area contributed by atoms with E-state index in [4.69, 9.17) is 9.47 Å². The van der Waals surface area contributed by atoms with Gasteiger partial charge in [0.1, 0.15) is 12.3 Å². The first-order chi connectivity index (χ1) is 12.8. The van der Waals surface area contributed by atoms with Crippen molar-refractivity contribution >= 4 is 37.5 Å². The summed E-state index contributed by atoms with van der Waals surface area (Å²) >= 11 is 1.20. The number of hydrogen-bond acceptors (Lipinski definition) is 6. The van der Waals surface area contributed by atoms with Crippen LogP contribution in [0.5, 0.6) is 5.75 Å². The van der Waals surface area contributed by atoms with E-state index < -0.39 is 16.0 Å². The largest absolute Gasteiger partial charge is 0.497 e. The summed E-state index contributed by atoms with van der Waals surface area (Å²) in [5, 5.41) is 0. The van der Waals surface area contributed by atoms with Gasteiger partial charge in [-0.1, -0.05) is 17.4 Å². The number of rotatable bonds is 5. The van der Waals surface area contributed by atoms with E-state index in [1.807, 2.05) is 25.1 Å². The van der Waals surface area contributed by atoms with Crippen molar-refractivity contribution in [2.45, 2.75) is 18.4 Å². The minimum Gasteiger partial charge on any atom is -0.497 e. The number of carbonyl (C=O) groups is 1. The number of thiazole rings is 1. The van der Waals surface area contributed by atoms with Crippen molar-refractivity contribution in [1.82, 2.24) is 4.57 Å². The highest BCUT2D eigenvalue weighted by Crippen LogP contribution is 2.21. The van der Waals surface area contributed by atoms with Crippen molar-refractivity contribution in [2.24, 2.45) is 4.40 Å². The predicted molar refractivity (Wildman–Crippen MR) is 102 cm³/mol. The van der Waals surface area contributed by atoms with Crippen LogP contribution in [0.4, 0.5) is 0 Å². The van der Waals surface area contributed by atoms with E-state index in [1.165, 1.54) is 37.7 Å². The lowest BCUT2D eigenvalue weighted by molar-refractivity contribution is -0.141. The second-order valence-corrected chi connectivity index (χ2v) is 8.37. The van der Waals surface area contributed by atoms with Crippen LogP contribution in [-0.2, 0) is 26.1 Å². The fourth-order valence-electron chi connectivity index (χ4n) is 2.50. The number of methoxy groups -OCH3 is 2. The molecular formula is C18H18N2O5S2. The monoisotopic (exact) mass is 406 g/mol. The van der Waals surface area contributed by atoms with E-state index in [1.54, 1.807) is 16.7 Å². The number of benzene rings is 2. The maximum atomic E-state index is 12.7. The Morgan fingerprint density at radius 3 is 2.48 bits per heavy atom. The smallest absolute Gasteiger partial charge is 0.325 e. The fourth-order valence-corrected chi connectivity index (χ4v) is 4.83. The van der Waals surface area contributed by atoms with Gasteiger partial charge in [-0.3, -0.25) is 4.79 Å². The quantitative estimate of drug-likeness (QED) is 0.608. The molecule has 0 amide bonds. The summed E-state index contributed by atoms with van der Waals surface area (Å²) in [5.74, 6) is 0.0608. The van der Waals surface area contributed by atoms with E-state index in [9.17, 15) is 13.2 Å². The predicted octanol–water partition coefficient (Wildman–Crippen LogP) is 2.48. The number of hydrogen-bond donors (Lipinski definition) is 0. The zero-order valence-corrected chi connectivity index (χ0v) is 16.6. The summed E-state index contributed by atoms with van der Waals surface area (Å²) in [5.41, 5.74) is 1.75. The van der Waals surface area contributed by atoms with E-state index in [-0.39, 0.29) is 16.2 Å². The Kier molecular flexibility index (Phi) is 5.33. The standard InChI is InChI=1S/C18H18N2O5S2/c1-12-4-9-15-16(10-12)26-18(20(15)11-17(21)25-3)19-27(22,23)14-7-5-13(24-2)6-8-14/h4-10H,11H2,1-3H3. The molecule has 9 heteroatoms. The number of carbonyl (C=O) groups excluding carboxylic acids is 1. The van der Waals surface area contributed by atoms with Gasteiger partial charge in [-0.05, 0) is 48.9 Å². The Morgan fingerprint density at radius 2 is 1.85 bits per heavy atom. The maximum Gasteiger partial charge on any atom is 0.325 e. The van der Waals surface area contributed by atoms with Gasteiger partial charge in [0.05, 0.1) is 29.3 Å². The first-order valence-electron chi connectivity index (χ1n) is 7.96.